The van der Waals surface area contributed by atoms with Crippen LogP contribution in [0.15, 0.2) is 58.5 Å². The molecule has 0 unspecified atom stereocenters. The van der Waals surface area contributed by atoms with Gasteiger partial charge in [-0.05, 0) is 74.6 Å². The van der Waals surface area contributed by atoms with Gasteiger partial charge in [-0.2, -0.15) is 0 Å². The van der Waals surface area contributed by atoms with Gasteiger partial charge in [0.2, 0.25) is 0 Å². The Morgan fingerprint density at radius 3 is 2.25 bits per heavy atom. The van der Waals surface area contributed by atoms with E-state index >= 15 is 0 Å². The molecular weight excluding hydrogens is 525 g/mol. The minimum absolute atomic E-state index is 0.0773. The summed E-state index contributed by atoms with van der Waals surface area (Å²) in [4.78, 5) is 42.3. The molecule has 0 atom stereocenters. The number of carbonyl (C=O) groups excluding carboxylic acids is 2. The molecule has 2 aromatic carbocycles. The first-order valence-corrected chi connectivity index (χ1v) is 13.1. The Morgan fingerprint density at radius 1 is 1.00 bits per heavy atom. The third kappa shape index (κ3) is 5.25. The zero-order valence-electron chi connectivity index (χ0n) is 19.2. The molecule has 2 heterocycles. The van der Waals surface area contributed by atoms with Crippen LogP contribution in [0, 0.1) is 9.77 Å². The predicted octanol–water partition coefficient (Wildman–Crippen LogP) is 4.94. The maximum Gasteiger partial charge on any atom is 0.338 e. The minimum atomic E-state index is -0.459. The summed E-state index contributed by atoms with van der Waals surface area (Å²) in [6, 6.07) is 12.0. The first-order valence-electron chi connectivity index (χ1n) is 10.8. The van der Waals surface area contributed by atoms with Gasteiger partial charge in [0, 0.05) is 5.69 Å². The molecule has 0 spiro atoms. The number of halogens is 1. The maximum absolute atomic E-state index is 13.6. The topological polar surface area (TPSA) is 92.4 Å². The summed E-state index contributed by atoms with van der Waals surface area (Å²) >= 11 is 7.67. The van der Waals surface area contributed by atoms with Gasteiger partial charge in [0.25, 0.3) is 5.56 Å². The van der Waals surface area contributed by atoms with Crippen molar-refractivity contribution in [3.63, 3.8) is 0 Å². The van der Waals surface area contributed by atoms with E-state index in [1.54, 1.807) is 42.7 Å². The van der Waals surface area contributed by atoms with Gasteiger partial charge < -0.3 is 9.47 Å². The Bertz CT molecular complexity index is 1540. The highest BCUT2D eigenvalue weighted by molar-refractivity contribution is 7.99. The molecule has 0 N–H and O–H groups in total. The van der Waals surface area contributed by atoms with Gasteiger partial charge in [-0.3, -0.25) is 18.7 Å². The number of ether oxygens (including phenoxy) is 2. The van der Waals surface area contributed by atoms with Crippen LogP contribution in [0.2, 0.25) is 0 Å². The summed E-state index contributed by atoms with van der Waals surface area (Å²) in [5.41, 5.74) is 1.28. The number of benzene rings is 2. The number of fused-ring (bicyclic) bond motifs is 1. The second-order valence-corrected chi connectivity index (χ2v) is 9.82. The average Bonchev–Trinajstić information content (AvgIpc) is 3.20. The van der Waals surface area contributed by atoms with Gasteiger partial charge in [-0.25, -0.2) is 14.2 Å². The van der Waals surface area contributed by atoms with Crippen molar-refractivity contribution in [2.75, 3.05) is 19.0 Å². The number of carbonyl (C=O) groups is 2. The molecule has 2 aromatic heterocycles. The Hall–Kier alpha value is -3.35. The standard InChI is InChI=1S/C24H20FN3O5S3/c1-3-32-18(29)13-35-23-26-20-19(21(30)28(23)17-11-7-15(25)8-12-17)36-24(34)27(20)16-9-5-14(6-10-16)22(31)33-4-2/h5-12H,3-4,13H2,1-2H3. The molecule has 0 saturated carbocycles. The Morgan fingerprint density at radius 2 is 1.61 bits per heavy atom. The van der Waals surface area contributed by atoms with Crippen molar-refractivity contribution in [3.05, 3.63) is 74.2 Å². The van der Waals surface area contributed by atoms with Gasteiger partial charge in [0.15, 0.2) is 14.8 Å². The van der Waals surface area contributed by atoms with E-state index < -0.39 is 23.3 Å². The van der Waals surface area contributed by atoms with Crippen LogP contribution in [0.3, 0.4) is 0 Å². The maximum atomic E-state index is 13.6. The Kier molecular flexibility index (Phi) is 7.97. The lowest BCUT2D eigenvalue weighted by molar-refractivity contribution is -0.139. The molecule has 0 bridgehead atoms. The third-order valence-corrected chi connectivity index (χ3v) is 7.19. The van der Waals surface area contributed by atoms with E-state index in [9.17, 15) is 18.8 Å². The molecule has 0 aliphatic carbocycles. The number of hydrogen-bond donors (Lipinski definition) is 0. The first kappa shape index (κ1) is 25.7. The van der Waals surface area contributed by atoms with Crippen molar-refractivity contribution in [2.24, 2.45) is 0 Å². The van der Waals surface area contributed by atoms with E-state index in [-0.39, 0.29) is 24.1 Å². The molecule has 8 nitrogen and oxygen atoms in total. The van der Waals surface area contributed by atoms with Gasteiger partial charge in [-0.1, -0.05) is 23.1 Å². The zero-order valence-corrected chi connectivity index (χ0v) is 21.7. The highest BCUT2D eigenvalue weighted by atomic mass is 32.2. The lowest BCUT2D eigenvalue weighted by atomic mass is 10.2. The second-order valence-electron chi connectivity index (χ2n) is 7.23. The molecule has 36 heavy (non-hydrogen) atoms. The molecule has 0 fully saturated rings. The van der Waals surface area contributed by atoms with Crippen LogP contribution >= 0.6 is 35.3 Å². The van der Waals surface area contributed by atoms with Crippen LogP contribution in [0.25, 0.3) is 21.7 Å². The summed E-state index contributed by atoms with van der Waals surface area (Å²) < 4.78 is 27.2. The quantitative estimate of drug-likeness (QED) is 0.133. The van der Waals surface area contributed by atoms with Crippen molar-refractivity contribution in [1.29, 1.82) is 0 Å². The Balaban J connectivity index is 1.87. The normalized spacial score (nSPS) is 11.0. The first-order chi connectivity index (χ1) is 17.3. The zero-order chi connectivity index (χ0) is 25.8. The summed E-state index contributed by atoms with van der Waals surface area (Å²) in [5.74, 6) is -1.43. The fourth-order valence-electron chi connectivity index (χ4n) is 3.37. The van der Waals surface area contributed by atoms with Crippen LogP contribution in [0.1, 0.15) is 24.2 Å². The van der Waals surface area contributed by atoms with E-state index in [0.717, 1.165) is 23.1 Å². The summed E-state index contributed by atoms with van der Waals surface area (Å²) in [5, 5.41) is 0.219. The van der Waals surface area contributed by atoms with E-state index in [0.29, 0.717) is 31.2 Å². The van der Waals surface area contributed by atoms with E-state index in [4.69, 9.17) is 26.7 Å². The van der Waals surface area contributed by atoms with Gasteiger partial charge >= 0.3 is 11.9 Å². The summed E-state index contributed by atoms with van der Waals surface area (Å²) in [6.07, 6.45) is 0. The molecule has 0 aliphatic heterocycles. The molecule has 0 radical (unpaired) electrons. The van der Waals surface area contributed by atoms with Crippen LogP contribution in [0.5, 0.6) is 0 Å². The van der Waals surface area contributed by atoms with Crippen molar-refractivity contribution in [1.82, 2.24) is 14.1 Å². The van der Waals surface area contributed by atoms with Gasteiger partial charge in [-0.15, -0.1) is 0 Å². The summed E-state index contributed by atoms with van der Waals surface area (Å²) in [6.45, 7) is 3.92. The molecule has 4 rings (SSSR count). The van der Waals surface area contributed by atoms with Gasteiger partial charge in [0.1, 0.15) is 10.5 Å². The van der Waals surface area contributed by atoms with E-state index in [2.05, 4.69) is 0 Å². The molecular formula is C24H20FN3O5S3. The highest BCUT2D eigenvalue weighted by Gasteiger charge is 2.20. The van der Waals surface area contributed by atoms with Crippen LogP contribution in [-0.4, -0.2) is 45.0 Å². The largest absolute Gasteiger partial charge is 0.465 e. The molecule has 0 amide bonds. The van der Waals surface area contributed by atoms with Crippen LogP contribution in [0.4, 0.5) is 4.39 Å². The number of esters is 2. The number of nitrogens with zero attached hydrogens (tertiary/aromatic N) is 3. The predicted molar refractivity (Wildman–Crippen MR) is 139 cm³/mol. The van der Waals surface area contributed by atoms with E-state index in [1.165, 1.54) is 28.8 Å². The number of thioether (sulfide) groups is 1. The van der Waals surface area contributed by atoms with Crippen LogP contribution < -0.4 is 5.56 Å². The number of aromatic nitrogens is 3. The molecule has 12 heteroatoms. The lowest BCUT2D eigenvalue weighted by Crippen LogP contribution is -2.22. The fraction of sp³-hybridized carbons (Fsp3) is 0.208. The minimum Gasteiger partial charge on any atom is -0.465 e. The van der Waals surface area contributed by atoms with E-state index in [1.807, 2.05) is 0 Å². The molecule has 0 aliphatic rings. The molecule has 186 valence electrons. The van der Waals surface area contributed by atoms with Crippen LogP contribution in [-0.2, 0) is 14.3 Å². The monoisotopic (exact) mass is 545 g/mol. The van der Waals surface area contributed by atoms with Crippen molar-refractivity contribution < 1.29 is 23.5 Å². The molecule has 4 aromatic rings. The average molecular weight is 546 g/mol. The lowest BCUT2D eigenvalue weighted by Gasteiger charge is -2.13. The SMILES string of the molecule is CCOC(=O)CSc1nc2c(sc(=S)n2-c2ccc(C(=O)OCC)cc2)c(=O)n1-c1ccc(F)cc1. The molecule has 0 saturated heterocycles. The smallest absolute Gasteiger partial charge is 0.338 e. The van der Waals surface area contributed by atoms with Crippen molar-refractivity contribution >= 4 is 57.6 Å². The Labute approximate surface area is 218 Å². The number of thiazole rings is 1. The third-order valence-electron chi connectivity index (χ3n) is 4.92. The number of rotatable bonds is 8. The van der Waals surface area contributed by atoms with Crippen molar-refractivity contribution in [3.8, 4) is 11.4 Å². The summed E-state index contributed by atoms with van der Waals surface area (Å²) in [7, 11) is 0. The second kappa shape index (κ2) is 11.1. The highest BCUT2D eigenvalue weighted by Crippen LogP contribution is 2.28. The van der Waals surface area contributed by atoms with Gasteiger partial charge in [0.05, 0.1) is 30.2 Å². The van der Waals surface area contributed by atoms with Crippen molar-refractivity contribution in [2.45, 2.75) is 19.0 Å². The fourth-order valence-corrected chi connectivity index (χ4v) is 5.47. The number of hydrogen-bond acceptors (Lipinski definition) is 9.